The predicted octanol–water partition coefficient (Wildman–Crippen LogP) is 3.81. The lowest BCUT2D eigenvalue weighted by atomic mass is 10.1. The van der Waals surface area contributed by atoms with E-state index in [0.717, 1.165) is 11.1 Å². The molecule has 104 valence electrons. The summed E-state index contributed by atoms with van der Waals surface area (Å²) in [6.07, 6.45) is 0. The highest BCUT2D eigenvalue weighted by Crippen LogP contribution is 2.33. The number of halogens is 1. The molecule has 0 bridgehead atoms. The average Bonchev–Trinajstić information content (AvgIpc) is 2.43. The molecule has 0 spiro atoms. The van der Waals surface area contributed by atoms with E-state index in [1.165, 1.54) is 18.2 Å². The van der Waals surface area contributed by atoms with E-state index in [0.29, 0.717) is 18.0 Å². The van der Waals surface area contributed by atoms with Gasteiger partial charge in [0.15, 0.2) is 0 Å². The summed E-state index contributed by atoms with van der Waals surface area (Å²) >= 11 is 6.00. The zero-order valence-electron chi connectivity index (χ0n) is 10.8. The summed E-state index contributed by atoms with van der Waals surface area (Å²) in [5, 5.41) is 10.8. The third kappa shape index (κ3) is 3.07. The summed E-state index contributed by atoms with van der Waals surface area (Å²) < 4.78 is 5.71. The number of nitrogens with two attached hydrogens (primary N) is 1. The van der Waals surface area contributed by atoms with Gasteiger partial charge in [-0.25, -0.2) is 0 Å². The van der Waals surface area contributed by atoms with Crippen molar-refractivity contribution in [2.24, 2.45) is 5.73 Å². The lowest BCUT2D eigenvalue weighted by Crippen LogP contribution is -1.97. The van der Waals surface area contributed by atoms with Crippen LogP contribution in [0.4, 0.5) is 5.69 Å². The number of rotatable bonds is 4. The molecule has 0 aromatic heterocycles. The molecular formula is C14H13ClN2O3. The maximum absolute atomic E-state index is 10.7. The van der Waals surface area contributed by atoms with Crippen molar-refractivity contribution in [3.8, 4) is 11.5 Å². The lowest BCUT2D eigenvalue weighted by Gasteiger charge is -2.11. The molecule has 0 heterocycles. The molecule has 0 atom stereocenters. The Morgan fingerprint density at radius 2 is 2.00 bits per heavy atom. The Balaban J connectivity index is 2.32. The first-order chi connectivity index (χ1) is 9.51. The van der Waals surface area contributed by atoms with Gasteiger partial charge in [-0.15, -0.1) is 0 Å². The molecule has 20 heavy (non-hydrogen) atoms. The van der Waals surface area contributed by atoms with Crippen LogP contribution in [0.3, 0.4) is 0 Å². The van der Waals surface area contributed by atoms with Gasteiger partial charge in [0.05, 0.1) is 9.95 Å². The van der Waals surface area contributed by atoms with Crippen LogP contribution >= 0.6 is 11.6 Å². The van der Waals surface area contributed by atoms with Crippen molar-refractivity contribution in [3.05, 3.63) is 62.7 Å². The number of non-ortho nitro benzene ring substituents is 1. The molecule has 2 aromatic carbocycles. The Bertz CT molecular complexity index is 659. The summed E-state index contributed by atoms with van der Waals surface area (Å²) in [6, 6.07) is 9.74. The first kappa shape index (κ1) is 14.3. The fraction of sp³-hybridized carbons (Fsp3) is 0.143. The van der Waals surface area contributed by atoms with E-state index in [2.05, 4.69) is 0 Å². The van der Waals surface area contributed by atoms with Crippen LogP contribution in [-0.4, -0.2) is 4.92 Å². The molecule has 0 aliphatic rings. The summed E-state index contributed by atoms with van der Waals surface area (Å²) in [4.78, 5) is 10.1. The van der Waals surface area contributed by atoms with Gasteiger partial charge in [0.25, 0.3) is 5.69 Å². The minimum absolute atomic E-state index is 0.0743. The monoisotopic (exact) mass is 292 g/mol. The van der Waals surface area contributed by atoms with E-state index in [4.69, 9.17) is 22.1 Å². The molecule has 0 saturated carbocycles. The maximum Gasteiger partial charge on any atom is 0.271 e. The van der Waals surface area contributed by atoms with Crippen LogP contribution in [0.15, 0.2) is 36.4 Å². The first-order valence-electron chi connectivity index (χ1n) is 5.92. The lowest BCUT2D eigenvalue weighted by molar-refractivity contribution is -0.384. The Kier molecular flexibility index (Phi) is 4.22. The summed E-state index contributed by atoms with van der Waals surface area (Å²) in [5.41, 5.74) is 7.38. The predicted molar refractivity (Wildman–Crippen MR) is 77.3 cm³/mol. The Morgan fingerprint density at radius 3 is 2.60 bits per heavy atom. The zero-order chi connectivity index (χ0) is 14.7. The van der Waals surface area contributed by atoms with Gasteiger partial charge in [-0.1, -0.05) is 23.7 Å². The van der Waals surface area contributed by atoms with Gasteiger partial charge in [0.2, 0.25) is 0 Å². The molecular weight excluding hydrogens is 280 g/mol. The van der Waals surface area contributed by atoms with Crippen molar-refractivity contribution >= 4 is 17.3 Å². The molecule has 0 aliphatic carbocycles. The molecule has 5 nitrogen and oxygen atoms in total. The second-order valence-electron chi connectivity index (χ2n) is 4.28. The second-order valence-corrected chi connectivity index (χ2v) is 4.69. The van der Waals surface area contributed by atoms with Crippen LogP contribution in [0, 0.1) is 17.0 Å². The van der Waals surface area contributed by atoms with Crippen LogP contribution in [-0.2, 0) is 6.54 Å². The number of ether oxygens (including phenoxy) is 1. The molecule has 0 radical (unpaired) electrons. The van der Waals surface area contributed by atoms with Crippen LogP contribution in [0.1, 0.15) is 11.1 Å². The Morgan fingerprint density at radius 1 is 1.25 bits per heavy atom. The zero-order valence-corrected chi connectivity index (χ0v) is 11.6. The van der Waals surface area contributed by atoms with Crippen molar-refractivity contribution in [3.63, 3.8) is 0 Å². The number of nitro groups is 1. The van der Waals surface area contributed by atoms with Crippen molar-refractivity contribution in [2.75, 3.05) is 0 Å². The van der Waals surface area contributed by atoms with E-state index < -0.39 is 4.92 Å². The van der Waals surface area contributed by atoms with Gasteiger partial charge in [-0.2, -0.15) is 0 Å². The van der Waals surface area contributed by atoms with E-state index in [1.54, 1.807) is 0 Å². The second kappa shape index (κ2) is 5.90. The molecule has 0 fully saturated rings. The molecule has 6 heteroatoms. The number of hydrogen-bond donors (Lipinski definition) is 1. The summed E-state index contributed by atoms with van der Waals surface area (Å²) in [5.74, 6) is 0.998. The third-order valence-corrected chi connectivity index (χ3v) is 3.13. The topological polar surface area (TPSA) is 78.4 Å². The highest BCUT2D eigenvalue weighted by molar-refractivity contribution is 6.32. The fourth-order valence-electron chi connectivity index (χ4n) is 1.69. The average molecular weight is 293 g/mol. The molecule has 0 aliphatic heterocycles. The fourth-order valence-corrected chi connectivity index (χ4v) is 1.90. The quantitative estimate of drug-likeness (QED) is 0.686. The van der Waals surface area contributed by atoms with E-state index >= 15 is 0 Å². The third-order valence-electron chi connectivity index (χ3n) is 2.83. The van der Waals surface area contributed by atoms with E-state index in [-0.39, 0.29) is 10.7 Å². The normalized spacial score (nSPS) is 10.3. The number of aryl methyl sites for hydroxylation is 1. The molecule has 2 N–H and O–H groups in total. The van der Waals surface area contributed by atoms with Gasteiger partial charge in [0, 0.05) is 18.7 Å². The molecule has 0 saturated heterocycles. The highest BCUT2D eigenvalue weighted by Gasteiger charge is 2.12. The van der Waals surface area contributed by atoms with Gasteiger partial charge >= 0.3 is 0 Å². The minimum atomic E-state index is -0.504. The molecule has 0 amide bonds. The van der Waals surface area contributed by atoms with Crippen LogP contribution in [0.2, 0.25) is 5.02 Å². The van der Waals surface area contributed by atoms with Gasteiger partial charge < -0.3 is 10.5 Å². The van der Waals surface area contributed by atoms with Crippen LogP contribution in [0.5, 0.6) is 11.5 Å². The van der Waals surface area contributed by atoms with Crippen molar-refractivity contribution < 1.29 is 9.66 Å². The number of benzene rings is 2. The van der Waals surface area contributed by atoms with Gasteiger partial charge in [-0.05, 0) is 30.2 Å². The molecule has 2 rings (SSSR count). The van der Waals surface area contributed by atoms with Crippen LogP contribution < -0.4 is 10.5 Å². The van der Waals surface area contributed by atoms with Crippen molar-refractivity contribution in [2.45, 2.75) is 13.5 Å². The SMILES string of the molecule is Cc1ccc(CN)cc1Oc1ccc([N+](=O)[O-])cc1Cl. The van der Waals surface area contributed by atoms with E-state index in [1.807, 2.05) is 25.1 Å². The smallest absolute Gasteiger partial charge is 0.271 e. The van der Waals surface area contributed by atoms with Gasteiger partial charge in [0.1, 0.15) is 11.5 Å². The summed E-state index contributed by atoms with van der Waals surface area (Å²) in [6.45, 7) is 2.31. The Labute approximate surface area is 121 Å². The van der Waals surface area contributed by atoms with Crippen molar-refractivity contribution in [1.29, 1.82) is 0 Å². The molecule has 2 aromatic rings. The maximum atomic E-state index is 10.7. The Hall–Kier alpha value is -2.11. The number of nitro benzene ring substituents is 1. The number of hydrogen-bond acceptors (Lipinski definition) is 4. The van der Waals surface area contributed by atoms with E-state index in [9.17, 15) is 10.1 Å². The summed E-state index contributed by atoms with van der Waals surface area (Å²) in [7, 11) is 0. The standard InChI is InChI=1S/C14H13ClN2O3/c1-9-2-3-10(8-16)6-14(9)20-13-5-4-11(17(18)19)7-12(13)15/h2-7H,8,16H2,1H3. The van der Waals surface area contributed by atoms with Gasteiger partial charge in [-0.3, -0.25) is 10.1 Å². The minimum Gasteiger partial charge on any atom is -0.456 e. The molecule has 0 unspecified atom stereocenters. The first-order valence-corrected chi connectivity index (χ1v) is 6.30. The van der Waals surface area contributed by atoms with Crippen molar-refractivity contribution in [1.82, 2.24) is 0 Å². The number of nitrogens with zero attached hydrogens (tertiary/aromatic N) is 1. The highest BCUT2D eigenvalue weighted by atomic mass is 35.5. The largest absolute Gasteiger partial charge is 0.456 e. The van der Waals surface area contributed by atoms with Crippen LogP contribution in [0.25, 0.3) is 0 Å².